The smallest absolute Gasteiger partial charge is 0.243 e. The molecule has 30 heavy (non-hydrogen) atoms. The molecule has 1 fully saturated rings. The molecule has 2 aromatic rings. The van der Waals surface area contributed by atoms with Crippen molar-refractivity contribution in [3.63, 3.8) is 0 Å². The topological polar surface area (TPSA) is 76.2 Å². The van der Waals surface area contributed by atoms with Crippen molar-refractivity contribution in [1.29, 1.82) is 0 Å². The Bertz CT molecular complexity index is 1030. The second kappa shape index (κ2) is 9.14. The van der Waals surface area contributed by atoms with Gasteiger partial charge in [0, 0.05) is 11.6 Å². The third-order valence-corrected chi connectivity index (χ3v) is 6.52. The Kier molecular flexibility index (Phi) is 6.77. The van der Waals surface area contributed by atoms with Crippen LogP contribution in [0.1, 0.15) is 24.4 Å². The maximum absolute atomic E-state index is 13.2. The molecule has 0 aromatic heterocycles. The molecule has 1 heterocycles. The molecule has 1 saturated heterocycles. The van der Waals surface area contributed by atoms with E-state index in [-0.39, 0.29) is 18.5 Å². The number of hydrogen-bond donors (Lipinski definition) is 0. The molecular formula is C21H25ClN2O5S. The average molecular weight is 453 g/mol. The largest absolute Gasteiger partial charge is 0.493 e. The molecule has 1 amide bonds. The molecule has 7 nitrogen and oxygen atoms in total. The number of rotatable bonds is 7. The number of anilines is 1. The number of likely N-dealkylation sites (tertiary alicyclic amines) is 1. The zero-order valence-corrected chi connectivity index (χ0v) is 18.7. The highest BCUT2D eigenvalue weighted by Crippen LogP contribution is 2.37. The minimum Gasteiger partial charge on any atom is -0.493 e. The molecular weight excluding hydrogens is 428 g/mol. The first kappa shape index (κ1) is 22.2. The van der Waals surface area contributed by atoms with Crippen LogP contribution in [-0.4, -0.2) is 52.8 Å². The lowest BCUT2D eigenvalue weighted by Crippen LogP contribution is -2.42. The van der Waals surface area contributed by atoms with Crippen molar-refractivity contribution in [2.45, 2.75) is 18.9 Å². The quantitative estimate of drug-likeness (QED) is 0.642. The van der Waals surface area contributed by atoms with E-state index >= 15 is 0 Å². The predicted octanol–water partition coefficient (Wildman–Crippen LogP) is 3.49. The van der Waals surface area contributed by atoms with Crippen molar-refractivity contribution in [1.82, 2.24) is 4.90 Å². The van der Waals surface area contributed by atoms with E-state index in [4.69, 9.17) is 21.1 Å². The number of amides is 1. The Morgan fingerprint density at radius 2 is 1.90 bits per heavy atom. The van der Waals surface area contributed by atoms with E-state index in [2.05, 4.69) is 0 Å². The summed E-state index contributed by atoms with van der Waals surface area (Å²) in [7, 11) is -0.539. The molecule has 0 bridgehead atoms. The Morgan fingerprint density at radius 3 is 2.53 bits per heavy atom. The fraction of sp³-hybridized carbons (Fsp3) is 0.381. The first-order valence-corrected chi connectivity index (χ1v) is 11.7. The Hall–Kier alpha value is -2.45. The lowest BCUT2D eigenvalue weighted by molar-refractivity contribution is -0.130. The second-order valence-corrected chi connectivity index (χ2v) is 9.45. The van der Waals surface area contributed by atoms with Crippen LogP contribution in [-0.2, 0) is 14.8 Å². The summed E-state index contributed by atoms with van der Waals surface area (Å²) in [6.45, 7) is 0.272. The van der Waals surface area contributed by atoms with Gasteiger partial charge in [-0.3, -0.25) is 9.10 Å². The van der Waals surface area contributed by atoms with E-state index in [1.807, 2.05) is 18.2 Å². The molecule has 0 spiro atoms. The van der Waals surface area contributed by atoms with Crippen molar-refractivity contribution < 1.29 is 22.7 Å². The van der Waals surface area contributed by atoms with Crippen molar-refractivity contribution in [2.75, 3.05) is 37.9 Å². The van der Waals surface area contributed by atoms with Crippen molar-refractivity contribution in [2.24, 2.45) is 0 Å². The number of sulfonamides is 1. The van der Waals surface area contributed by atoms with Crippen molar-refractivity contribution >= 4 is 33.2 Å². The zero-order valence-electron chi connectivity index (χ0n) is 17.2. The third-order valence-electron chi connectivity index (χ3n) is 5.14. The van der Waals surface area contributed by atoms with Gasteiger partial charge in [-0.15, -0.1) is 0 Å². The molecule has 0 aliphatic carbocycles. The van der Waals surface area contributed by atoms with Crippen LogP contribution < -0.4 is 13.8 Å². The standard InChI is InChI=1S/C21H25ClN2O5S/c1-28-19-10-9-15(12-20(19)29-2)18-8-5-11-23(18)21(25)14-24(30(3,26)27)17-7-4-6-16(22)13-17/h4,6-7,9-10,12-13,18H,5,8,11,14H2,1-3H3. The number of methoxy groups -OCH3 is 2. The molecule has 1 unspecified atom stereocenters. The van der Waals surface area contributed by atoms with E-state index in [1.54, 1.807) is 37.3 Å². The number of benzene rings is 2. The maximum Gasteiger partial charge on any atom is 0.243 e. The van der Waals surface area contributed by atoms with Gasteiger partial charge in [-0.25, -0.2) is 8.42 Å². The fourth-order valence-corrected chi connectivity index (χ4v) is 4.74. The first-order chi connectivity index (χ1) is 14.2. The van der Waals surface area contributed by atoms with Crippen molar-refractivity contribution in [3.8, 4) is 11.5 Å². The summed E-state index contributed by atoms with van der Waals surface area (Å²) in [5.41, 5.74) is 1.28. The monoisotopic (exact) mass is 452 g/mol. The number of nitrogens with zero attached hydrogens (tertiary/aromatic N) is 2. The number of hydrogen-bond acceptors (Lipinski definition) is 5. The van der Waals surface area contributed by atoms with Crippen LogP contribution in [0.4, 0.5) is 5.69 Å². The summed E-state index contributed by atoms with van der Waals surface area (Å²) in [6, 6.07) is 11.9. The second-order valence-electron chi connectivity index (χ2n) is 7.11. The summed E-state index contributed by atoms with van der Waals surface area (Å²) < 4.78 is 36.5. The number of carbonyl (C=O) groups excluding carboxylic acids is 1. The number of carbonyl (C=O) groups is 1. The third kappa shape index (κ3) is 4.82. The van der Waals surface area contributed by atoms with Gasteiger partial charge < -0.3 is 14.4 Å². The van der Waals surface area contributed by atoms with E-state index in [0.717, 1.165) is 29.0 Å². The summed E-state index contributed by atoms with van der Waals surface area (Å²) in [5.74, 6) is 0.935. The summed E-state index contributed by atoms with van der Waals surface area (Å²) in [4.78, 5) is 14.9. The molecule has 2 aromatic carbocycles. The van der Waals surface area contributed by atoms with Crippen molar-refractivity contribution in [3.05, 3.63) is 53.1 Å². The van der Waals surface area contributed by atoms with E-state index < -0.39 is 10.0 Å². The van der Waals surface area contributed by atoms with Gasteiger partial charge in [0.2, 0.25) is 15.9 Å². The number of ether oxygens (including phenoxy) is 2. The summed E-state index contributed by atoms with van der Waals surface area (Å²) in [5, 5.41) is 0.401. The Morgan fingerprint density at radius 1 is 1.17 bits per heavy atom. The van der Waals surface area contributed by atoms with E-state index in [0.29, 0.717) is 28.8 Å². The maximum atomic E-state index is 13.2. The lowest BCUT2D eigenvalue weighted by atomic mass is 10.0. The summed E-state index contributed by atoms with van der Waals surface area (Å²) >= 11 is 6.02. The SMILES string of the molecule is COc1ccc(C2CCCN2C(=O)CN(c2cccc(Cl)c2)S(C)(=O)=O)cc1OC. The van der Waals surface area contributed by atoms with Gasteiger partial charge in [-0.2, -0.15) is 0 Å². The number of halogens is 1. The van der Waals surface area contributed by atoms with Gasteiger partial charge in [0.15, 0.2) is 11.5 Å². The normalized spacial score (nSPS) is 16.4. The highest BCUT2D eigenvalue weighted by atomic mass is 35.5. The fourth-order valence-electron chi connectivity index (χ4n) is 3.72. The van der Waals surface area contributed by atoms with Crippen LogP contribution in [0.2, 0.25) is 5.02 Å². The predicted molar refractivity (Wildman–Crippen MR) is 117 cm³/mol. The molecule has 0 N–H and O–H groups in total. The Labute approximate surface area is 182 Å². The van der Waals surface area contributed by atoms with Gasteiger partial charge in [0.1, 0.15) is 6.54 Å². The van der Waals surface area contributed by atoms with E-state index in [1.165, 1.54) is 6.07 Å². The van der Waals surface area contributed by atoms with Gasteiger partial charge in [0.05, 0.1) is 32.2 Å². The molecule has 1 aliphatic rings. The van der Waals surface area contributed by atoms with Crippen LogP contribution in [0.15, 0.2) is 42.5 Å². The minimum absolute atomic E-state index is 0.155. The van der Waals surface area contributed by atoms with Gasteiger partial charge >= 0.3 is 0 Å². The van der Waals surface area contributed by atoms with Gasteiger partial charge in [0.25, 0.3) is 0 Å². The molecule has 0 saturated carbocycles. The Balaban J connectivity index is 1.86. The molecule has 162 valence electrons. The highest BCUT2D eigenvalue weighted by molar-refractivity contribution is 7.92. The van der Waals surface area contributed by atoms with Crippen LogP contribution >= 0.6 is 11.6 Å². The molecule has 0 radical (unpaired) electrons. The van der Waals surface area contributed by atoms with Crippen LogP contribution in [0, 0.1) is 0 Å². The molecule has 9 heteroatoms. The van der Waals surface area contributed by atoms with Crippen LogP contribution in [0.3, 0.4) is 0 Å². The average Bonchev–Trinajstić information content (AvgIpc) is 3.20. The molecule has 1 atom stereocenters. The zero-order chi connectivity index (χ0) is 21.9. The van der Waals surface area contributed by atoms with Crippen LogP contribution in [0.25, 0.3) is 0 Å². The van der Waals surface area contributed by atoms with Crippen LogP contribution in [0.5, 0.6) is 11.5 Å². The lowest BCUT2D eigenvalue weighted by Gasteiger charge is -2.29. The minimum atomic E-state index is -3.67. The summed E-state index contributed by atoms with van der Waals surface area (Å²) in [6.07, 6.45) is 2.70. The molecule has 3 rings (SSSR count). The molecule has 1 aliphatic heterocycles. The highest BCUT2D eigenvalue weighted by Gasteiger charge is 2.33. The van der Waals surface area contributed by atoms with Gasteiger partial charge in [-0.1, -0.05) is 23.7 Å². The van der Waals surface area contributed by atoms with E-state index in [9.17, 15) is 13.2 Å². The first-order valence-electron chi connectivity index (χ1n) is 9.49. The van der Waals surface area contributed by atoms with Gasteiger partial charge in [-0.05, 0) is 48.7 Å².